The quantitative estimate of drug-likeness (QED) is 0.105. The molecule has 0 amide bonds. The smallest absolute Gasteiger partial charge is 0.506 e. The van der Waals surface area contributed by atoms with Gasteiger partial charge in [0.15, 0.2) is 5.75 Å². The van der Waals surface area contributed by atoms with Gasteiger partial charge in [0.25, 0.3) is 0 Å². The van der Waals surface area contributed by atoms with E-state index in [9.17, 15) is 51.9 Å². The Balaban J connectivity index is 0.000000208. The number of alkyl halides is 3. The van der Waals surface area contributed by atoms with E-state index < -0.39 is 38.3 Å². The molecule has 2 aromatic heterocycles. The van der Waals surface area contributed by atoms with Gasteiger partial charge in [-0.15, -0.1) is 0 Å². The van der Waals surface area contributed by atoms with Gasteiger partial charge in [0.2, 0.25) is 0 Å². The second kappa shape index (κ2) is 14.4. The van der Waals surface area contributed by atoms with Crippen LogP contribution in [0.1, 0.15) is 44.3 Å². The summed E-state index contributed by atoms with van der Waals surface area (Å²) in [5.41, 5.74) is -2.16. The third kappa shape index (κ3) is 7.42. The molecule has 6 rings (SSSR count). The number of benzene rings is 4. The van der Waals surface area contributed by atoms with Crippen LogP contribution in [-0.2, 0) is 16.5 Å². The summed E-state index contributed by atoms with van der Waals surface area (Å²) in [7, 11) is -5.95. The van der Waals surface area contributed by atoms with Gasteiger partial charge < -0.3 is 28.6 Å². The standard InChI is InChI=1S/C18H13ClN2O3.C17H8ClF3N2O5S/c1-2-10-5-12(3-4-13(10)18(23)24)21-9-11(8-20)14-6-17(22)15(19)7-16(14)21;18-13-6-14-12(5-15(13)28-29(26,27)17(19,20)21)10(7-22)8-23(14)11-3-1-9(2-4-11)16(24)25/h3-7,9,22H,2H2,1H3,(H,23,24);1-6,8H,(H,24,25). The van der Waals surface area contributed by atoms with Gasteiger partial charge in [-0.3, -0.25) is 0 Å². The summed E-state index contributed by atoms with van der Waals surface area (Å²) >= 11 is 11.9. The van der Waals surface area contributed by atoms with E-state index in [0.717, 1.165) is 17.8 Å². The highest BCUT2D eigenvalue weighted by Crippen LogP contribution is 2.37. The first-order chi connectivity index (χ1) is 24.9. The van der Waals surface area contributed by atoms with Crippen molar-refractivity contribution in [2.45, 2.75) is 18.9 Å². The van der Waals surface area contributed by atoms with Crippen molar-refractivity contribution < 1.29 is 50.7 Å². The fourth-order valence-electron chi connectivity index (χ4n) is 5.29. The Labute approximate surface area is 307 Å². The van der Waals surface area contributed by atoms with Crippen molar-refractivity contribution in [1.29, 1.82) is 10.5 Å². The SMILES string of the molecule is CCc1cc(-n2cc(C#N)c3cc(O)c(Cl)cc32)ccc1C(=O)O.N#Cc1cn(-c2ccc(C(=O)O)cc2)c2cc(Cl)c(OS(=O)(=O)C(F)(F)F)cc12. The van der Waals surface area contributed by atoms with E-state index in [1.807, 2.05) is 13.0 Å². The molecule has 0 spiro atoms. The van der Waals surface area contributed by atoms with Crippen molar-refractivity contribution in [3.8, 4) is 35.0 Å². The van der Waals surface area contributed by atoms with Gasteiger partial charge in [-0.1, -0.05) is 30.1 Å². The van der Waals surface area contributed by atoms with Crippen LogP contribution in [0.25, 0.3) is 33.2 Å². The molecule has 0 unspecified atom stereocenters. The molecule has 3 N–H and O–H groups in total. The number of aromatic carboxylic acids is 2. The fraction of sp³-hybridized carbons (Fsp3) is 0.0857. The van der Waals surface area contributed by atoms with Crippen LogP contribution in [0.15, 0.2) is 79.1 Å². The maximum Gasteiger partial charge on any atom is 0.534 e. The number of aromatic nitrogens is 2. The number of phenolic OH excluding ortho intramolecular Hbond substituents is 1. The highest BCUT2D eigenvalue weighted by atomic mass is 35.5. The number of carbonyl (C=O) groups is 2. The molecule has 0 aliphatic heterocycles. The van der Waals surface area contributed by atoms with Gasteiger partial charge in [0.1, 0.15) is 17.9 Å². The lowest BCUT2D eigenvalue weighted by atomic mass is 10.0. The van der Waals surface area contributed by atoms with E-state index >= 15 is 0 Å². The Morgan fingerprint density at radius 3 is 1.85 bits per heavy atom. The minimum atomic E-state index is -5.95. The molecule has 0 bridgehead atoms. The lowest BCUT2D eigenvalue weighted by Crippen LogP contribution is -2.28. The number of carboxylic acids is 2. The summed E-state index contributed by atoms with van der Waals surface area (Å²) in [6.07, 6.45) is 3.57. The minimum absolute atomic E-state index is 0.00762. The van der Waals surface area contributed by atoms with Gasteiger partial charge in [-0.25, -0.2) is 9.59 Å². The van der Waals surface area contributed by atoms with E-state index in [4.69, 9.17) is 28.3 Å². The molecule has 270 valence electrons. The van der Waals surface area contributed by atoms with Crippen molar-refractivity contribution in [2.75, 3.05) is 0 Å². The van der Waals surface area contributed by atoms with Gasteiger partial charge >= 0.3 is 27.6 Å². The number of rotatable bonds is 7. The molecule has 6 aromatic rings. The highest BCUT2D eigenvalue weighted by molar-refractivity contribution is 7.88. The van der Waals surface area contributed by atoms with Crippen LogP contribution in [-0.4, -0.2) is 50.3 Å². The number of fused-ring (bicyclic) bond motifs is 2. The minimum Gasteiger partial charge on any atom is -0.506 e. The van der Waals surface area contributed by atoms with Crippen LogP contribution < -0.4 is 4.18 Å². The third-order valence-electron chi connectivity index (χ3n) is 7.83. The Hall–Kier alpha value is -6.20. The molecular weight excluding hydrogens is 764 g/mol. The molecule has 0 radical (unpaired) electrons. The van der Waals surface area contributed by atoms with Gasteiger partial charge in [-0.05, 0) is 78.7 Å². The van der Waals surface area contributed by atoms with Gasteiger partial charge in [0.05, 0.1) is 43.3 Å². The number of aromatic hydroxyl groups is 1. The monoisotopic (exact) mass is 784 g/mol. The first kappa shape index (κ1) is 38.0. The predicted octanol–water partition coefficient (Wildman–Crippen LogP) is 8.20. The topological polar surface area (TPSA) is 196 Å². The number of nitriles is 2. The summed E-state index contributed by atoms with van der Waals surface area (Å²) < 4.78 is 67.5. The Bertz CT molecular complexity index is 2660. The summed E-state index contributed by atoms with van der Waals surface area (Å²) in [5.74, 6) is -2.98. The Morgan fingerprint density at radius 2 is 1.34 bits per heavy atom. The summed E-state index contributed by atoms with van der Waals surface area (Å²) in [6.45, 7) is 1.88. The number of hydrogen-bond acceptors (Lipinski definition) is 8. The molecule has 53 heavy (non-hydrogen) atoms. The van der Waals surface area contributed by atoms with Crippen LogP contribution in [0.3, 0.4) is 0 Å². The van der Waals surface area contributed by atoms with Gasteiger partial charge in [-0.2, -0.15) is 32.1 Å². The number of phenols is 1. The second-order valence-electron chi connectivity index (χ2n) is 11.0. The predicted molar refractivity (Wildman–Crippen MR) is 187 cm³/mol. The van der Waals surface area contributed by atoms with Crippen molar-refractivity contribution in [3.63, 3.8) is 0 Å². The van der Waals surface area contributed by atoms with E-state index in [0.29, 0.717) is 34.1 Å². The third-order valence-corrected chi connectivity index (χ3v) is 9.39. The first-order valence-electron chi connectivity index (χ1n) is 14.8. The number of hydrogen-bond donors (Lipinski definition) is 3. The maximum atomic E-state index is 12.6. The molecule has 0 saturated carbocycles. The Morgan fingerprint density at radius 1 is 0.811 bits per heavy atom. The lowest BCUT2D eigenvalue weighted by Gasteiger charge is -2.11. The number of carboxylic acid groups (broad SMARTS) is 2. The molecule has 0 fully saturated rings. The first-order valence-corrected chi connectivity index (χ1v) is 17.0. The molecule has 0 atom stereocenters. The highest BCUT2D eigenvalue weighted by Gasteiger charge is 2.49. The van der Waals surface area contributed by atoms with Gasteiger partial charge in [0, 0.05) is 34.5 Å². The number of halogens is 5. The summed E-state index contributed by atoms with van der Waals surface area (Å²) in [6, 6.07) is 19.6. The van der Waals surface area contributed by atoms with Crippen molar-refractivity contribution >= 4 is 67.1 Å². The molecule has 2 heterocycles. The molecule has 0 aliphatic carbocycles. The van der Waals surface area contributed by atoms with Crippen LogP contribution in [0, 0.1) is 22.7 Å². The zero-order valence-corrected chi connectivity index (χ0v) is 29.0. The van der Waals surface area contributed by atoms with E-state index in [-0.39, 0.29) is 38.4 Å². The van der Waals surface area contributed by atoms with Crippen LogP contribution in [0.5, 0.6) is 11.5 Å². The summed E-state index contributed by atoms with van der Waals surface area (Å²) in [4.78, 5) is 22.2. The van der Waals surface area contributed by atoms with E-state index in [1.54, 1.807) is 35.0 Å². The zero-order chi connectivity index (χ0) is 39.0. The van der Waals surface area contributed by atoms with Crippen molar-refractivity contribution in [1.82, 2.24) is 9.13 Å². The normalized spacial score (nSPS) is 11.4. The fourth-order valence-corrected chi connectivity index (χ4v) is 6.16. The molecule has 18 heteroatoms. The average Bonchev–Trinajstić information content (AvgIpc) is 3.65. The van der Waals surface area contributed by atoms with E-state index in [2.05, 4.69) is 10.3 Å². The average molecular weight is 786 g/mol. The van der Waals surface area contributed by atoms with Crippen molar-refractivity contribution in [3.05, 3.63) is 117 Å². The largest absolute Gasteiger partial charge is 0.534 e. The van der Waals surface area contributed by atoms with E-state index in [1.165, 1.54) is 41.1 Å². The van der Waals surface area contributed by atoms with Crippen LogP contribution in [0.2, 0.25) is 10.0 Å². The Kier molecular flexibility index (Phi) is 10.4. The maximum absolute atomic E-state index is 12.6. The molecular formula is C35H21Cl2F3N4O8S. The number of aryl methyl sites for hydroxylation is 1. The van der Waals surface area contributed by atoms with Crippen molar-refractivity contribution in [2.24, 2.45) is 0 Å². The molecule has 4 aromatic carbocycles. The lowest BCUT2D eigenvalue weighted by molar-refractivity contribution is -0.0500. The summed E-state index contributed by atoms with van der Waals surface area (Å²) in [5, 5.41) is 47.1. The molecule has 0 saturated heterocycles. The number of nitrogens with zero attached hydrogens (tertiary/aromatic N) is 4. The molecule has 12 nitrogen and oxygen atoms in total. The van der Waals surface area contributed by atoms with Crippen LogP contribution >= 0.6 is 23.2 Å². The molecule has 0 aliphatic rings. The second-order valence-corrected chi connectivity index (χ2v) is 13.4. The zero-order valence-electron chi connectivity index (χ0n) is 26.7. The van der Waals surface area contributed by atoms with Crippen LogP contribution in [0.4, 0.5) is 13.2 Å².